The van der Waals surface area contributed by atoms with Crippen LogP contribution in [0.1, 0.15) is 70.6 Å². The van der Waals surface area contributed by atoms with Crippen LogP contribution in [0, 0.1) is 18.1 Å². The third kappa shape index (κ3) is 13.3. The zero-order valence-corrected chi connectivity index (χ0v) is 43.1. The summed E-state index contributed by atoms with van der Waals surface area (Å²) in [6.07, 6.45) is 6.73. The number of phenolic OH excluding ortho intramolecular Hbond substituents is 1. The van der Waals surface area contributed by atoms with Gasteiger partial charge in [-0.05, 0) is 111 Å². The minimum Gasteiger partial charge on any atom is -0.508 e. The van der Waals surface area contributed by atoms with E-state index in [2.05, 4.69) is 22.1 Å². The van der Waals surface area contributed by atoms with Crippen molar-refractivity contribution in [2.75, 3.05) is 11.5 Å². The normalized spacial score (nSPS) is 16.5. The van der Waals surface area contributed by atoms with Crippen molar-refractivity contribution < 1.29 is 50.4 Å². The van der Waals surface area contributed by atoms with Crippen molar-refractivity contribution in [3.8, 4) is 39.6 Å². The van der Waals surface area contributed by atoms with Crippen LogP contribution in [0.2, 0.25) is 5.02 Å². The number of aliphatic hydroxyl groups excluding tert-OH is 1. The average Bonchev–Trinajstić information content (AvgIpc) is 3.73. The smallest absolute Gasteiger partial charge is 0.219 e. The Kier molecular flexibility index (Phi) is 17.9. The fourth-order valence-electron chi connectivity index (χ4n) is 9.25. The number of carbonyl (C=O) groups is 2. The first-order valence-electron chi connectivity index (χ1n) is 23.6. The molecule has 1 aliphatic carbocycles. The number of phenols is 1. The van der Waals surface area contributed by atoms with Gasteiger partial charge in [-0.3, -0.25) is 14.6 Å². The van der Waals surface area contributed by atoms with Crippen molar-refractivity contribution in [1.82, 2.24) is 9.97 Å². The molecule has 371 valence electrons. The molecule has 0 spiro atoms. The van der Waals surface area contributed by atoms with E-state index in [0.29, 0.717) is 34.4 Å². The summed E-state index contributed by atoms with van der Waals surface area (Å²) in [5, 5.41) is 20.6. The second-order valence-electron chi connectivity index (χ2n) is 17.9. The fraction of sp³-hybridized carbons (Fsp3) is 0.183. The minimum absolute atomic E-state index is 0. The van der Waals surface area contributed by atoms with Crippen molar-refractivity contribution in [1.29, 1.82) is 0 Å². The van der Waals surface area contributed by atoms with Gasteiger partial charge in [-0.25, -0.2) is 13.8 Å². The van der Waals surface area contributed by atoms with E-state index in [0.717, 1.165) is 50.1 Å². The molecule has 1 fully saturated rings. The first kappa shape index (κ1) is 53.1. The van der Waals surface area contributed by atoms with E-state index in [9.17, 15) is 28.6 Å². The molecule has 6 aromatic carbocycles. The van der Waals surface area contributed by atoms with Gasteiger partial charge in [0.2, 0.25) is 5.88 Å². The van der Waals surface area contributed by atoms with E-state index in [1.807, 2.05) is 92.2 Å². The van der Waals surface area contributed by atoms with Crippen LogP contribution >= 0.6 is 35.1 Å². The Morgan fingerprint density at radius 3 is 2.11 bits per heavy atom. The molecule has 2 aromatic heterocycles. The SMILES string of the molecule is C[C@H](c1ccc(O)cc1)[C@@H](SC[C@H](O)c1ccc(F)cc1)C(=O)Cc1ccc(-c2ccnc(Oc3ccc([C@@H]4C(SC[CH-]c5ccc(F)cc5)C(=O)CC4c4ccc(-c5ccncc5Cl)cc4)cc3)c2)cc1.[Mn]. The molecule has 0 aliphatic heterocycles. The third-order valence-electron chi connectivity index (χ3n) is 13.2. The standard InChI is InChI=1S/C60H50ClF2N2O5S2.Mn/c1-37(40-14-22-49(66)23-15-40)59(72-36-56(69)44-12-20-48(63)21-13-44)54(67)32-39-2-6-41(7-3-39)46-26-30-65-57(33-46)70-50-24-16-45(17-25-50)58-52(43-10-8-42(9-11-43)51-27-29-64-35-53(51)61)34-55(68)60(58)71-31-28-38-4-18-47(62)19-5-38;/h2-30,33,35,37,52,56,58-60,66,69H,31-32,34,36H2,1H3;/q-1;/t37-,52?,56+,58+,59-,60?;/m1./s1. The van der Waals surface area contributed by atoms with Crippen molar-refractivity contribution in [2.45, 2.75) is 54.1 Å². The monoisotopic (exact) mass is 1070 g/mol. The molecule has 13 heteroatoms. The Morgan fingerprint density at radius 1 is 0.781 bits per heavy atom. The first-order chi connectivity index (χ1) is 34.9. The number of halogens is 3. The molecule has 0 saturated heterocycles. The number of aromatic nitrogens is 2. The van der Waals surface area contributed by atoms with Crippen molar-refractivity contribution in [2.24, 2.45) is 0 Å². The minimum atomic E-state index is -0.889. The summed E-state index contributed by atoms with van der Waals surface area (Å²) in [4.78, 5) is 36.6. The number of ether oxygens (including phenoxy) is 1. The maximum absolute atomic E-state index is 14.1. The zero-order chi connectivity index (χ0) is 50.1. The van der Waals surface area contributed by atoms with E-state index in [4.69, 9.17) is 16.3 Å². The molecule has 2 heterocycles. The summed E-state index contributed by atoms with van der Waals surface area (Å²) in [5.41, 5.74) is 8.91. The van der Waals surface area contributed by atoms with E-state index in [-0.39, 0.29) is 81.2 Å². The summed E-state index contributed by atoms with van der Waals surface area (Å²) >= 11 is 9.45. The first-order valence-corrected chi connectivity index (χ1v) is 26.1. The summed E-state index contributed by atoms with van der Waals surface area (Å²) in [7, 11) is 0. The third-order valence-corrected chi connectivity index (χ3v) is 16.3. The van der Waals surface area contributed by atoms with Crippen molar-refractivity contribution in [3.63, 3.8) is 0 Å². The Bertz CT molecular complexity index is 3120. The van der Waals surface area contributed by atoms with E-state index < -0.39 is 11.4 Å². The molecule has 73 heavy (non-hydrogen) atoms. The fourth-order valence-corrected chi connectivity index (χ4v) is 12.1. The number of benzene rings is 6. The van der Waals surface area contributed by atoms with Gasteiger partial charge >= 0.3 is 0 Å². The largest absolute Gasteiger partial charge is 0.508 e. The van der Waals surface area contributed by atoms with Gasteiger partial charge in [0.05, 0.1) is 27.4 Å². The maximum atomic E-state index is 14.1. The second-order valence-corrected chi connectivity index (χ2v) is 20.6. The van der Waals surface area contributed by atoms with Crippen LogP contribution in [-0.2, 0) is 33.1 Å². The molecule has 8 aromatic rings. The number of nitrogens with zero attached hydrogens (tertiary/aromatic N) is 2. The van der Waals surface area contributed by atoms with Gasteiger partial charge in [0.1, 0.15) is 23.1 Å². The predicted octanol–water partition coefficient (Wildman–Crippen LogP) is 14.2. The molecular weight excluding hydrogens is 1020 g/mol. The molecule has 6 atom stereocenters. The van der Waals surface area contributed by atoms with Gasteiger partial charge in [-0.1, -0.05) is 116 Å². The predicted molar refractivity (Wildman–Crippen MR) is 285 cm³/mol. The van der Waals surface area contributed by atoms with Crippen LogP contribution in [0.25, 0.3) is 22.3 Å². The molecule has 1 saturated carbocycles. The van der Waals surface area contributed by atoms with Crippen LogP contribution in [0.3, 0.4) is 0 Å². The van der Waals surface area contributed by atoms with Crippen LogP contribution < -0.4 is 4.74 Å². The number of aromatic hydroxyl groups is 1. The van der Waals surface area contributed by atoms with Crippen LogP contribution in [0.4, 0.5) is 8.78 Å². The number of pyridine rings is 2. The van der Waals surface area contributed by atoms with E-state index >= 15 is 0 Å². The number of carbonyl (C=O) groups excluding carboxylic acids is 2. The van der Waals surface area contributed by atoms with Gasteiger partial charge in [0, 0.05) is 71.8 Å². The molecule has 0 bridgehead atoms. The molecule has 7 nitrogen and oxygen atoms in total. The number of hydrogen-bond acceptors (Lipinski definition) is 9. The number of rotatable bonds is 19. The number of thioether (sulfide) groups is 2. The quantitative estimate of drug-likeness (QED) is 0.0604. The van der Waals surface area contributed by atoms with E-state index in [1.54, 1.807) is 78.9 Å². The molecule has 2 unspecified atom stereocenters. The van der Waals surface area contributed by atoms with Crippen molar-refractivity contribution >= 4 is 46.7 Å². The molecule has 2 N–H and O–H groups in total. The van der Waals surface area contributed by atoms with Gasteiger partial charge in [-0.15, -0.1) is 11.8 Å². The average molecular weight is 1070 g/mol. The Hall–Kier alpha value is -6.24. The number of aliphatic hydroxyl groups is 1. The summed E-state index contributed by atoms with van der Waals surface area (Å²) in [6.45, 7) is 1.97. The molecule has 9 rings (SSSR count). The van der Waals surface area contributed by atoms with Crippen LogP contribution in [0.15, 0.2) is 182 Å². The van der Waals surface area contributed by atoms with Gasteiger partial charge in [0.25, 0.3) is 0 Å². The Balaban J connectivity index is 0.00000711. The second kappa shape index (κ2) is 24.7. The topological polar surface area (TPSA) is 110 Å². The maximum Gasteiger partial charge on any atom is 0.219 e. The van der Waals surface area contributed by atoms with Crippen LogP contribution in [0.5, 0.6) is 17.4 Å². The number of Topliss-reactive ketones (excluding diaryl/α,β-unsaturated/α-hetero) is 2. The molecule has 1 aliphatic rings. The van der Waals surface area contributed by atoms with Crippen molar-refractivity contribution in [3.05, 3.63) is 239 Å². The Labute approximate surface area is 448 Å². The molecule has 0 amide bonds. The zero-order valence-electron chi connectivity index (χ0n) is 39.5. The Morgan fingerprint density at radius 2 is 1.42 bits per heavy atom. The van der Waals surface area contributed by atoms with Gasteiger partial charge < -0.3 is 14.9 Å². The molecular formula is C60H50ClF2MnN2O5S2-. The summed E-state index contributed by atoms with van der Waals surface area (Å²) < 4.78 is 33.5. The van der Waals surface area contributed by atoms with E-state index in [1.165, 1.54) is 36.0 Å². The van der Waals surface area contributed by atoms with Gasteiger partial charge in [0.15, 0.2) is 5.78 Å². The number of hydrogen-bond donors (Lipinski definition) is 2. The summed E-state index contributed by atoms with van der Waals surface area (Å²) in [5.74, 6) is 1.03. The van der Waals surface area contributed by atoms with Gasteiger partial charge in [-0.2, -0.15) is 35.9 Å². The van der Waals surface area contributed by atoms with Crippen LogP contribution in [-0.4, -0.2) is 53.8 Å². The molecule has 1 radical (unpaired) electrons. The number of ketones is 2. The summed E-state index contributed by atoms with van der Waals surface area (Å²) in [6, 6.07) is 48.5.